The van der Waals surface area contributed by atoms with Gasteiger partial charge < -0.3 is 9.47 Å². The number of carbonyl (C=O) groups excluding carboxylic acids is 2. The maximum atomic E-state index is 12.1. The average Bonchev–Trinajstić information content (AvgIpc) is 3.38. The highest BCUT2D eigenvalue weighted by molar-refractivity contribution is 6.44. The van der Waals surface area contributed by atoms with Gasteiger partial charge in [-0.25, -0.2) is 4.79 Å². The molecule has 3 aliphatic carbocycles. The van der Waals surface area contributed by atoms with Crippen LogP contribution in [-0.4, -0.2) is 25.0 Å². The Morgan fingerprint density at radius 3 is 2.78 bits per heavy atom. The minimum Gasteiger partial charge on any atom is -0.480 e. The molecule has 1 aromatic carbocycles. The molecule has 1 fully saturated rings. The first-order valence-corrected chi connectivity index (χ1v) is 10.2. The van der Waals surface area contributed by atoms with Gasteiger partial charge >= 0.3 is 5.97 Å². The third-order valence-corrected chi connectivity index (χ3v) is 6.66. The monoisotopic (exact) mass is 408 g/mol. The molecule has 0 radical (unpaired) electrons. The van der Waals surface area contributed by atoms with Crippen LogP contribution in [0.3, 0.4) is 0 Å². The molecule has 0 heterocycles. The van der Waals surface area contributed by atoms with Crippen molar-refractivity contribution in [2.24, 2.45) is 11.3 Å². The Balaban J connectivity index is 1.69. The zero-order valence-electron chi connectivity index (χ0n) is 15.3. The molecule has 0 saturated heterocycles. The summed E-state index contributed by atoms with van der Waals surface area (Å²) in [5.74, 6) is 0.835. The molecule has 4 rings (SSSR count). The Morgan fingerprint density at radius 1 is 1.30 bits per heavy atom. The second-order valence-electron chi connectivity index (χ2n) is 7.76. The SMILES string of the molecule is CCOC(=O)COc1cc2c(c(Cl)c1Cl)C1=CC(=O)CCC1(CC1CC1)C2. The lowest BCUT2D eigenvalue weighted by Gasteiger charge is -2.34. The summed E-state index contributed by atoms with van der Waals surface area (Å²) < 4.78 is 10.5. The van der Waals surface area contributed by atoms with Crippen LogP contribution in [0, 0.1) is 11.3 Å². The Kier molecular flexibility index (Phi) is 4.98. The summed E-state index contributed by atoms with van der Waals surface area (Å²) in [6.45, 7) is 1.83. The van der Waals surface area contributed by atoms with Crippen molar-refractivity contribution >= 4 is 40.5 Å². The molecule has 6 heteroatoms. The molecule has 1 unspecified atom stereocenters. The van der Waals surface area contributed by atoms with E-state index < -0.39 is 5.97 Å². The first kappa shape index (κ1) is 18.8. The van der Waals surface area contributed by atoms with Crippen LogP contribution < -0.4 is 4.74 Å². The van der Waals surface area contributed by atoms with Crippen LogP contribution in [0.15, 0.2) is 12.1 Å². The van der Waals surface area contributed by atoms with Gasteiger partial charge in [0.15, 0.2) is 12.4 Å². The summed E-state index contributed by atoms with van der Waals surface area (Å²) in [6, 6.07) is 1.88. The van der Waals surface area contributed by atoms with E-state index in [4.69, 9.17) is 32.7 Å². The van der Waals surface area contributed by atoms with Crippen molar-refractivity contribution < 1.29 is 19.1 Å². The second-order valence-corrected chi connectivity index (χ2v) is 8.52. The van der Waals surface area contributed by atoms with Gasteiger partial charge in [0.05, 0.1) is 11.6 Å². The highest BCUT2D eigenvalue weighted by Crippen LogP contribution is 2.60. The predicted octanol–water partition coefficient (Wildman–Crippen LogP) is 5.02. The fourth-order valence-corrected chi connectivity index (χ4v) is 4.98. The molecular formula is C21H22Cl2O4. The number of ether oxygens (including phenoxy) is 2. The summed E-state index contributed by atoms with van der Waals surface area (Å²) in [7, 11) is 0. The smallest absolute Gasteiger partial charge is 0.344 e. The van der Waals surface area contributed by atoms with Crippen LogP contribution in [0.25, 0.3) is 5.57 Å². The van der Waals surface area contributed by atoms with Gasteiger partial charge in [-0.15, -0.1) is 0 Å². The number of halogens is 2. The van der Waals surface area contributed by atoms with E-state index in [0.29, 0.717) is 23.8 Å². The standard InChI is InChI=1S/C21H22Cl2O4/c1-2-26-17(25)11-27-16-7-13-10-21(9-12-3-4-12)6-5-14(24)8-15(21)18(13)20(23)19(16)22/h7-8,12H,2-6,9-11H2,1H3. The number of rotatable bonds is 6. The van der Waals surface area contributed by atoms with Gasteiger partial charge in [-0.3, -0.25) is 4.79 Å². The zero-order chi connectivity index (χ0) is 19.2. The van der Waals surface area contributed by atoms with Gasteiger partial charge in [-0.05, 0) is 55.4 Å². The van der Waals surface area contributed by atoms with Gasteiger partial charge in [0.1, 0.15) is 10.8 Å². The molecule has 4 nitrogen and oxygen atoms in total. The van der Waals surface area contributed by atoms with Crippen molar-refractivity contribution in [3.63, 3.8) is 0 Å². The maximum Gasteiger partial charge on any atom is 0.344 e. The van der Waals surface area contributed by atoms with E-state index >= 15 is 0 Å². The Morgan fingerprint density at radius 2 is 2.07 bits per heavy atom. The first-order chi connectivity index (χ1) is 12.9. The summed E-state index contributed by atoms with van der Waals surface area (Å²) >= 11 is 13.1. The van der Waals surface area contributed by atoms with Gasteiger partial charge in [0.2, 0.25) is 0 Å². The van der Waals surface area contributed by atoms with E-state index in [0.717, 1.165) is 41.9 Å². The first-order valence-electron chi connectivity index (χ1n) is 9.48. The van der Waals surface area contributed by atoms with E-state index in [2.05, 4.69) is 0 Å². The van der Waals surface area contributed by atoms with Crippen LogP contribution in [0.2, 0.25) is 10.0 Å². The topological polar surface area (TPSA) is 52.6 Å². The lowest BCUT2D eigenvalue weighted by atomic mass is 9.69. The van der Waals surface area contributed by atoms with Crippen LogP contribution in [0.4, 0.5) is 0 Å². The summed E-state index contributed by atoms with van der Waals surface area (Å²) in [5.41, 5.74) is 2.96. The Bertz CT molecular complexity index is 841. The van der Waals surface area contributed by atoms with Crippen LogP contribution in [0.5, 0.6) is 5.75 Å². The van der Waals surface area contributed by atoms with E-state index in [1.807, 2.05) is 6.07 Å². The number of esters is 1. The molecule has 0 aliphatic heterocycles. The third kappa shape index (κ3) is 3.50. The maximum absolute atomic E-state index is 12.1. The van der Waals surface area contributed by atoms with Crippen molar-refractivity contribution in [3.05, 3.63) is 33.3 Å². The molecule has 0 bridgehead atoms. The molecule has 0 N–H and O–H groups in total. The highest BCUT2D eigenvalue weighted by Gasteiger charge is 2.48. The predicted molar refractivity (Wildman–Crippen MR) is 104 cm³/mol. The van der Waals surface area contributed by atoms with Crippen molar-refractivity contribution in [1.82, 2.24) is 0 Å². The van der Waals surface area contributed by atoms with Gasteiger partial charge in [0, 0.05) is 17.4 Å². The van der Waals surface area contributed by atoms with E-state index in [9.17, 15) is 9.59 Å². The molecule has 0 amide bonds. The number of benzene rings is 1. The van der Waals surface area contributed by atoms with Gasteiger partial charge in [-0.1, -0.05) is 36.0 Å². The van der Waals surface area contributed by atoms with Crippen LogP contribution >= 0.6 is 23.2 Å². The van der Waals surface area contributed by atoms with Crippen molar-refractivity contribution in [2.75, 3.05) is 13.2 Å². The third-order valence-electron chi connectivity index (χ3n) is 5.81. The molecule has 27 heavy (non-hydrogen) atoms. The van der Waals surface area contributed by atoms with Gasteiger partial charge in [0.25, 0.3) is 0 Å². The van der Waals surface area contributed by atoms with E-state index in [1.54, 1.807) is 13.0 Å². The van der Waals surface area contributed by atoms with Crippen LogP contribution in [-0.2, 0) is 20.7 Å². The van der Waals surface area contributed by atoms with Crippen molar-refractivity contribution in [2.45, 2.75) is 45.4 Å². The number of carbonyl (C=O) groups is 2. The minimum atomic E-state index is -0.447. The molecule has 3 aliphatic rings. The Labute approximate surface area is 168 Å². The normalized spacial score (nSPS) is 23.5. The number of allylic oxidation sites excluding steroid dienone is 2. The molecule has 1 atom stereocenters. The van der Waals surface area contributed by atoms with Crippen molar-refractivity contribution in [1.29, 1.82) is 0 Å². The van der Waals surface area contributed by atoms with Gasteiger partial charge in [-0.2, -0.15) is 0 Å². The second kappa shape index (κ2) is 7.14. The fourth-order valence-electron chi connectivity index (χ4n) is 4.46. The average molecular weight is 409 g/mol. The minimum absolute atomic E-state index is 0.0237. The number of hydrogen-bond acceptors (Lipinski definition) is 4. The summed E-state index contributed by atoms with van der Waals surface area (Å²) in [5, 5.41) is 0.688. The summed E-state index contributed by atoms with van der Waals surface area (Å²) in [6.07, 6.45) is 7.68. The van der Waals surface area contributed by atoms with Crippen LogP contribution in [0.1, 0.15) is 50.2 Å². The Hall–Kier alpha value is -1.52. The molecule has 1 aromatic rings. The lowest BCUT2D eigenvalue weighted by Crippen LogP contribution is -2.26. The summed E-state index contributed by atoms with van der Waals surface area (Å²) in [4.78, 5) is 23.7. The molecule has 1 saturated carbocycles. The van der Waals surface area contributed by atoms with E-state index in [-0.39, 0.29) is 22.8 Å². The largest absolute Gasteiger partial charge is 0.480 e. The zero-order valence-corrected chi connectivity index (χ0v) is 16.8. The van der Waals surface area contributed by atoms with Crippen molar-refractivity contribution in [3.8, 4) is 5.75 Å². The quantitative estimate of drug-likeness (QED) is 0.619. The van der Waals surface area contributed by atoms with E-state index in [1.165, 1.54) is 12.8 Å². The number of fused-ring (bicyclic) bond motifs is 3. The molecular weight excluding hydrogens is 387 g/mol. The fraction of sp³-hybridized carbons (Fsp3) is 0.524. The molecule has 144 valence electrons. The highest BCUT2D eigenvalue weighted by atomic mass is 35.5. The molecule has 0 aromatic heterocycles. The molecule has 0 spiro atoms. The number of hydrogen-bond donors (Lipinski definition) is 0. The lowest BCUT2D eigenvalue weighted by molar-refractivity contribution is -0.145. The number of ketones is 1.